The summed E-state index contributed by atoms with van der Waals surface area (Å²) >= 11 is 1.17. The number of nitrogens with zero attached hydrogens (tertiary/aromatic N) is 3. The van der Waals surface area contributed by atoms with E-state index in [-0.39, 0.29) is 29.5 Å². The van der Waals surface area contributed by atoms with Crippen LogP contribution in [0.3, 0.4) is 0 Å². The number of para-hydroxylation sites is 2. The van der Waals surface area contributed by atoms with Crippen LogP contribution in [0.5, 0.6) is 5.75 Å². The summed E-state index contributed by atoms with van der Waals surface area (Å²) in [6.45, 7) is -0.0863. The summed E-state index contributed by atoms with van der Waals surface area (Å²) in [4.78, 5) is 12.1. The van der Waals surface area contributed by atoms with Crippen molar-refractivity contribution in [2.24, 2.45) is 0 Å². The highest BCUT2D eigenvalue weighted by Crippen LogP contribution is 2.26. The van der Waals surface area contributed by atoms with E-state index in [1.54, 1.807) is 17.0 Å². The van der Waals surface area contributed by atoms with Crippen molar-refractivity contribution in [1.82, 2.24) is 20.1 Å². The van der Waals surface area contributed by atoms with Gasteiger partial charge in [-0.25, -0.2) is 0 Å². The summed E-state index contributed by atoms with van der Waals surface area (Å²) in [7, 11) is 0. The SMILES string of the molecule is O=C(CSc1nncn1-c1ccccc1)NCc1ccccc1OC(F)(F)F. The summed E-state index contributed by atoms with van der Waals surface area (Å²) in [5, 5.41) is 11.0. The fourth-order valence-corrected chi connectivity index (χ4v) is 3.10. The van der Waals surface area contributed by atoms with Gasteiger partial charge in [0.05, 0.1) is 5.75 Å². The second-order valence-electron chi connectivity index (χ2n) is 5.54. The molecule has 1 amide bonds. The molecule has 28 heavy (non-hydrogen) atoms. The van der Waals surface area contributed by atoms with Gasteiger partial charge in [-0.15, -0.1) is 23.4 Å². The minimum Gasteiger partial charge on any atom is -0.405 e. The predicted octanol–water partition coefficient (Wildman–Crippen LogP) is 3.57. The molecule has 0 bridgehead atoms. The fraction of sp³-hybridized carbons (Fsp3) is 0.167. The van der Waals surface area contributed by atoms with Gasteiger partial charge in [0, 0.05) is 17.8 Å². The van der Waals surface area contributed by atoms with Crippen molar-refractivity contribution in [1.29, 1.82) is 0 Å². The van der Waals surface area contributed by atoms with Crippen LogP contribution < -0.4 is 10.1 Å². The van der Waals surface area contributed by atoms with Crippen molar-refractivity contribution < 1.29 is 22.7 Å². The highest BCUT2D eigenvalue weighted by atomic mass is 32.2. The average molecular weight is 408 g/mol. The molecule has 0 aliphatic heterocycles. The number of ether oxygens (including phenoxy) is 1. The van der Waals surface area contributed by atoms with Crippen LogP contribution in [0.1, 0.15) is 5.56 Å². The van der Waals surface area contributed by atoms with Gasteiger partial charge < -0.3 is 10.1 Å². The summed E-state index contributed by atoms with van der Waals surface area (Å²) in [5.74, 6) is -0.658. The van der Waals surface area contributed by atoms with Crippen molar-refractivity contribution in [3.05, 3.63) is 66.5 Å². The van der Waals surface area contributed by atoms with Crippen molar-refractivity contribution in [3.63, 3.8) is 0 Å². The van der Waals surface area contributed by atoms with Gasteiger partial charge in [0.25, 0.3) is 0 Å². The smallest absolute Gasteiger partial charge is 0.405 e. The fourth-order valence-electron chi connectivity index (χ4n) is 2.34. The molecule has 0 atom stereocenters. The molecule has 2 aromatic carbocycles. The molecule has 3 aromatic rings. The zero-order chi connectivity index (χ0) is 20.0. The monoisotopic (exact) mass is 408 g/mol. The normalized spacial score (nSPS) is 11.2. The number of amides is 1. The van der Waals surface area contributed by atoms with Crippen molar-refractivity contribution in [3.8, 4) is 11.4 Å². The first-order chi connectivity index (χ1) is 13.4. The van der Waals surface area contributed by atoms with E-state index < -0.39 is 6.36 Å². The molecular formula is C18H15F3N4O2S. The number of aromatic nitrogens is 3. The molecule has 0 aliphatic carbocycles. The maximum Gasteiger partial charge on any atom is 0.573 e. The standard InChI is InChI=1S/C18H15F3N4O2S/c19-18(20,21)27-15-9-5-4-6-13(15)10-22-16(26)11-28-17-24-23-12-25(17)14-7-2-1-3-8-14/h1-9,12H,10-11H2,(H,22,26). The highest BCUT2D eigenvalue weighted by Gasteiger charge is 2.31. The first-order valence-corrected chi connectivity index (χ1v) is 9.09. The number of benzene rings is 2. The molecule has 0 aliphatic rings. The Labute approximate surface area is 162 Å². The van der Waals surface area contributed by atoms with Crippen LogP contribution in [0.4, 0.5) is 13.2 Å². The number of halogens is 3. The lowest BCUT2D eigenvalue weighted by molar-refractivity contribution is -0.274. The third kappa shape index (κ3) is 5.49. The molecule has 0 unspecified atom stereocenters. The zero-order valence-electron chi connectivity index (χ0n) is 14.4. The summed E-state index contributed by atoms with van der Waals surface area (Å²) < 4.78 is 43.1. The van der Waals surface area contributed by atoms with E-state index >= 15 is 0 Å². The van der Waals surface area contributed by atoms with Crippen molar-refractivity contribution >= 4 is 17.7 Å². The Balaban J connectivity index is 1.56. The number of hydrogen-bond acceptors (Lipinski definition) is 5. The molecule has 10 heteroatoms. The Bertz CT molecular complexity index is 932. The van der Waals surface area contributed by atoms with E-state index in [9.17, 15) is 18.0 Å². The van der Waals surface area contributed by atoms with Crippen LogP contribution in [-0.2, 0) is 11.3 Å². The Kier molecular flexibility index (Phi) is 6.19. The van der Waals surface area contributed by atoms with Crippen LogP contribution in [0.2, 0.25) is 0 Å². The number of hydrogen-bond donors (Lipinski definition) is 1. The van der Waals surface area contributed by atoms with Gasteiger partial charge >= 0.3 is 6.36 Å². The van der Waals surface area contributed by atoms with Gasteiger partial charge in [-0.2, -0.15) is 0 Å². The first-order valence-electron chi connectivity index (χ1n) is 8.11. The second kappa shape index (κ2) is 8.79. The number of rotatable bonds is 7. The predicted molar refractivity (Wildman–Crippen MR) is 97.1 cm³/mol. The molecule has 0 saturated heterocycles. The summed E-state index contributed by atoms with van der Waals surface area (Å²) in [5.41, 5.74) is 1.08. The van der Waals surface area contributed by atoms with Crippen molar-refractivity contribution in [2.75, 3.05) is 5.75 Å². The minimum atomic E-state index is -4.79. The molecule has 1 heterocycles. The van der Waals surface area contributed by atoms with Gasteiger partial charge in [-0.1, -0.05) is 48.2 Å². The number of carbonyl (C=O) groups excluding carboxylic acids is 1. The lowest BCUT2D eigenvalue weighted by Crippen LogP contribution is -2.26. The molecule has 1 aromatic heterocycles. The molecular weight excluding hydrogens is 393 g/mol. The van der Waals surface area contributed by atoms with E-state index in [4.69, 9.17) is 0 Å². The van der Waals surface area contributed by atoms with Crippen LogP contribution in [-0.4, -0.2) is 32.8 Å². The lowest BCUT2D eigenvalue weighted by Gasteiger charge is -2.13. The number of thioether (sulfide) groups is 1. The van der Waals surface area contributed by atoms with Crippen LogP contribution in [0, 0.1) is 0 Å². The molecule has 6 nitrogen and oxygen atoms in total. The Morgan fingerprint density at radius 1 is 1.11 bits per heavy atom. The van der Waals surface area contributed by atoms with E-state index in [1.165, 1.54) is 30.0 Å². The van der Waals surface area contributed by atoms with Crippen LogP contribution >= 0.6 is 11.8 Å². The van der Waals surface area contributed by atoms with Gasteiger partial charge in [0.1, 0.15) is 12.1 Å². The van der Waals surface area contributed by atoms with Crippen LogP contribution in [0.25, 0.3) is 5.69 Å². The Morgan fingerprint density at radius 2 is 1.82 bits per heavy atom. The minimum absolute atomic E-state index is 0.0355. The van der Waals surface area contributed by atoms with Gasteiger partial charge in [0.2, 0.25) is 5.91 Å². The molecule has 1 N–H and O–H groups in total. The molecule has 146 valence electrons. The molecule has 0 fully saturated rings. The molecule has 0 spiro atoms. The first kappa shape index (κ1) is 19.7. The Hall–Kier alpha value is -3.01. The molecule has 0 radical (unpaired) electrons. The van der Waals surface area contributed by atoms with Crippen molar-refractivity contribution in [2.45, 2.75) is 18.1 Å². The van der Waals surface area contributed by atoms with E-state index in [1.807, 2.05) is 30.3 Å². The number of carbonyl (C=O) groups is 1. The number of nitrogens with one attached hydrogen (secondary N) is 1. The topological polar surface area (TPSA) is 69.0 Å². The summed E-state index contributed by atoms with van der Waals surface area (Å²) in [6.07, 6.45) is -3.25. The third-order valence-electron chi connectivity index (χ3n) is 3.56. The summed E-state index contributed by atoms with van der Waals surface area (Å²) in [6, 6.07) is 15.0. The quantitative estimate of drug-likeness (QED) is 0.606. The van der Waals surface area contributed by atoms with E-state index in [2.05, 4.69) is 20.3 Å². The van der Waals surface area contributed by atoms with Gasteiger partial charge in [-0.3, -0.25) is 9.36 Å². The average Bonchev–Trinajstić information content (AvgIpc) is 3.14. The van der Waals surface area contributed by atoms with E-state index in [0.717, 1.165) is 5.69 Å². The van der Waals surface area contributed by atoms with E-state index in [0.29, 0.717) is 5.16 Å². The third-order valence-corrected chi connectivity index (χ3v) is 4.50. The number of alkyl halides is 3. The van der Waals surface area contributed by atoms with Gasteiger partial charge in [-0.05, 0) is 18.2 Å². The largest absolute Gasteiger partial charge is 0.573 e. The molecule has 3 rings (SSSR count). The maximum absolute atomic E-state index is 12.4. The van der Waals surface area contributed by atoms with Crippen LogP contribution in [0.15, 0.2) is 66.1 Å². The lowest BCUT2D eigenvalue weighted by atomic mass is 10.2. The highest BCUT2D eigenvalue weighted by molar-refractivity contribution is 7.99. The van der Waals surface area contributed by atoms with Gasteiger partial charge in [0.15, 0.2) is 5.16 Å². The second-order valence-corrected chi connectivity index (χ2v) is 6.48. The Morgan fingerprint density at radius 3 is 2.57 bits per heavy atom. The zero-order valence-corrected chi connectivity index (χ0v) is 15.2. The maximum atomic E-state index is 12.4. The molecule has 0 saturated carbocycles.